The second-order valence-electron chi connectivity index (χ2n) is 2.79. The summed E-state index contributed by atoms with van der Waals surface area (Å²) in [5, 5.41) is 0.433. The molecule has 1 aromatic carbocycles. The van der Waals surface area contributed by atoms with E-state index in [2.05, 4.69) is 9.97 Å². The van der Waals surface area contributed by atoms with E-state index in [-0.39, 0.29) is 6.01 Å². The van der Waals surface area contributed by atoms with Crippen LogP contribution in [0.25, 0.3) is 0 Å². The van der Waals surface area contributed by atoms with E-state index in [1.165, 1.54) is 0 Å². The van der Waals surface area contributed by atoms with Crippen molar-refractivity contribution in [2.75, 3.05) is 5.73 Å². The first kappa shape index (κ1) is 9.73. The Morgan fingerprint density at radius 2 is 1.87 bits per heavy atom. The van der Waals surface area contributed by atoms with Gasteiger partial charge in [0, 0.05) is 12.4 Å². The maximum Gasteiger partial charge on any atom is 0.321 e. The summed E-state index contributed by atoms with van der Waals surface area (Å²) >= 11 is 5.92. The van der Waals surface area contributed by atoms with Gasteiger partial charge in [-0.15, -0.1) is 0 Å². The van der Waals surface area contributed by atoms with Gasteiger partial charge in [0.1, 0.15) is 0 Å². The molecule has 0 aliphatic rings. The Kier molecular flexibility index (Phi) is 2.69. The van der Waals surface area contributed by atoms with E-state index in [1.807, 2.05) is 0 Å². The summed E-state index contributed by atoms with van der Waals surface area (Å²) in [6.45, 7) is 0. The fourth-order valence-electron chi connectivity index (χ4n) is 1.06. The molecule has 0 unspecified atom stereocenters. The number of nitrogens with zero attached hydrogens (tertiary/aromatic N) is 2. The summed E-state index contributed by atoms with van der Waals surface area (Å²) in [6, 6.07) is 7.05. The Labute approximate surface area is 91.7 Å². The van der Waals surface area contributed by atoms with Crippen LogP contribution in [0.2, 0.25) is 5.02 Å². The normalized spacial score (nSPS) is 9.93. The molecule has 1 aromatic heterocycles. The molecule has 0 aliphatic heterocycles. The molecule has 2 N–H and O–H groups in total. The Balaban J connectivity index is 2.32. The summed E-state index contributed by atoms with van der Waals surface area (Å²) in [5.74, 6) is 0.380. The average Bonchev–Trinajstić information content (AvgIpc) is 2.25. The van der Waals surface area contributed by atoms with Crippen molar-refractivity contribution in [1.82, 2.24) is 9.97 Å². The van der Waals surface area contributed by atoms with Crippen molar-refractivity contribution < 1.29 is 4.74 Å². The molecule has 0 bridgehead atoms. The zero-order valence-corrected chi connectivity index (χ0v) is 8.48. The number of benzene rings is 1. The highest BCUT2D eigenvalue weighted by atomic mass is 35.5. The number of anilines is 1. The molecule has 15 heavy (non-hydrogen) atoms. The van der Waals surface area contributed by atoms with Gasteiger partial charge in [-0.3, -0.25) is 0 Å². The number of nitrogen functional groups attached to an aromatic ring is 1. The second-order valence-corrected chi connectivity index (χ2v) is 3.20. The lowest BCUT2D eigenvalue weighted by atomic mass is 10.3. The Morgan fingerprint density at radius 1 is 1.13 bits per heavy atom. The maximum atomic E-state index is 5.92. The van der Waals surface area contributed by atoms with Crippen LogP contribution in [0.15, 0.2) is 36.7 Å². The van der Waals surface area contributed by atoms with Gasteiger partial charge in [0.05, 0.1) is 10.7 Å². The molecule has 0 saturated heterocycles. The molecule has 0 atom stereocenters. The summed E-state index contributed by atoms with van der Waals surface area (Å²) in [7, 11) is 0. The number of ether oxygens (including phenoxy) is 1. The number of para-hydroxylation sites is 1. The lowest BCUT2D eigenvalue weighted by molar-refractivity contribution is 0.444. The van der Waals surface area contributed by atoms with Crippen LogP contribution in [0.1, 0.15) is 0 Å². The molecule has 2 rings (SSSR count). The van der Waals surface area contributed by atoms with Crippen LogP contribution in [0.3, 0.4) is 0 Å². The van der Waals surface area contributed by atoms with E-state index in [1.54, 1.807) is 36.7 Å². The highest BCUT2D eigenvalue weighted by Crippen LogP contribution is 2.32. The Bertz CT molecular complexity index is 441. The van der Waals surface area contributed by atoms with Crippen molar-refractivity contribution >= 4 is 17.3 Å². The van der Waals surface area contributed by atoms with Crippen molar-refractivity contribution in [2.45, 2.75) is 0 Å². The standard InChI is InChI=1S/C10H8ClN3O/c11-7-3-1-4-8(12)9(7)15-10-13-5-2-6-14-10/h1-6H,12H2. The van der Waals surface area contributed by atoms with Gasteiger partial charge < -0.3 is 10.5 Å². The highest BCUT2D eigenvalue weighted by molar-refractivity contribution is 6.32. The third kappa shape index (κ3) is 2.16. The molecule has 5 heteroatoms. The van der Waals surface area contributed by atoms with E-state index < -0.39 is 0 Å². The summed E-state index contributed by atoms with van der Waals surface area (Å²) in [6.07, 6.45) is 3.16. The quantitative estimate of drug-likeness (QED) is 0.792. The van der Waals surface area contributed by atoms with Crippen molar-refractivity contribution in [3.8, 4) is 11.8 Å². The lowest BCUT2D eigenvalue weighted by Crippen LogP contribution is -1.95. The molecule has 1 heterocycles. The average molecular weight is 222 g/mol. The van der Waals surface area contributed by atoms with Crippen molar-refractivity contribution in [3.05, 3.63) is 41.7 Å². The maximum absolute atomic E-state index is 5.92. The minimum absolute atomic E-state index is 0.220. The van der Waals surface area contributed by atoms with Gasteiger partial charge >= 0.3 is 6.01 Å². The van der Waals surface area contributed by atoms with E-state index in [9.17, 15) is 0 Å². The van der Waals surface area contributed by atoms with Crippen LogP contribution in [0.5, 0.6) is 11.8 Å². The van der Waals surface area contributed by atoms with E-state index in [0.29, 0.717) is 16.5 Å². The zero-order chi connectivity index (χ0) is 10.7. The minimum atomic E-state index is 0.220. The molecular formula is C10H8ClN3O. The molecule has 0 radical (unpaired) electrons. The Hall–Kier alpha value is -1.81. The van der Waals surface area contributed by atoms with Crippen LogP contribution >= 0.6 is 11.6 Å². The third-order valence-corrected chi connectivity index (χ3v) is 2.03. The molecule has 0 saturated carbocycles. The van der Waals surface area contributed by atoms with Crippen LogP contribution < -0.4 is 10.5 Å². The van der Waals surface area contributed by atoms with Crippen LogP contribution in [0.4, 0.5) is 5.69 Å². The van der Waals surface area contributed by atoms with Gasteiger partial charge in [-0.2, -0.15) is 0 Å². The van der Waals surface area contributed by atoms with Crippen LogP contribution in [-0.4, -0.2) is 9.97 Å². The smallest absolute Gasteiger partial charge is 0.321 e. The highest BCUT2D eigenvalue weighted by Gasteiger charge is 2.07. The first-order valence-electron chi connectivity index (χ1n) is 4.26. The SMILES string of the molecule is Nc1cccc(Cl)c1Oc1ncccn1. The molecule has 2 aromatic rings. The fraction of sp³-hybridized carbons (Fsp3) is 0. The van der Waals surface area contributed by atoms with E-state index in [4.69, 9.17) is 22.1 Å². The monoisotopic (exact) mass is 221 g/mol. The van der Waals surface area contributed by atoms with Crippen molar-refractivity contribution in [3.63, 3.8) is 0 Å². The largest absolute Gasteiger partial charge is 0.420 e. The zero-order valence-electron chi connectivity index (χ0n) is 7.72. The van der Waals surface area contributed by atoms with Gasteiger partial charge in [-0.1, -0.05) is 17.7 Å². The van der Waals surface area contributed by atoms with Gasteiger partial charge in [0.15, 0.2) is 5.75 Å². The number of halogens is 1. The number of hydrogen-bond acceptors (Lipinski definition) is 4. The number of hydrogen-bond donors (Lipinski definition) is 1. The molecule has 0 amide bonds. The number of rotatable bonds is 2. The molecule has 0 spiro atoms. The Morgan fingerprint density at radius 3 is 2.53 bits per heavy atom. The predicted molar refractivity (Wildman–Crippen MR) is 58.0 cm³/mol. The van der Waals surface area contributed by atoms with Gasteiger partial charge in [0.25, 0.3) is 0 Å². The second kappa shape index (κ2) is 4.14. The van der Waals surface area contributed by atoms with Crippen molar-refractivity contribution in [2.24, 2.45) is 0 Å². The number of aromatic nitrogens is 2. The van der Waals surface area contributed by atoms with Gasteiger partial charge in [-0.25, -0.2) is 9.97 Å². The summed E-state index contributed by atoms with van der Waals surface area (Å²) < 4.78 is 5.36. The lowest BCUT2D eigenvalue weighted by Gasteiger charge is -2.07. The van der Waals surface area contributed by atoms with Crippen LogP contribution in [-0.2, 0) is 0 Å². The fourth-order valence-corrected chi connectivity index (χ4v) is 1.28. The topological polar surface area (TPSA) is 61.0 Å². The first-order chi connectivity index (χ1) is 7.27. The molecule has 4 nitrogen and oxygen atoms in total. The summed E-state index contributed by atoms with van der Waals surface area (Å²) in [4.78, 5) is 7.82. The number of nitrogens with two attached hydrogens (primary N) is 1. The van der Waals surface area contributed by atoms with E-state index >= 15 is 0 Å². The summed E-state index contributed by atoms with van der Waals surface area (Å²) in [5.41, 5.74) is 6.16. The molecule has 76 valence electrons. The van der Waals surface area contributed by atoms with Gasteiger partial charge in [-0.05, 0) is 18.2 Å². The first-order valence-corrected chi connectivity index (χ1v) is 4.64. The molecular weight excluding hydrogens is 214 g/mol. The van der Waals surface area contributed by atoms with Crippen molar-refractivity contribution in [1.29, 1.82) is 0 Å². The van der Waals surface area contributed by atoms with Crippen LogP contribution in [0, 0.1) is 0 Å². The van der Waals surface area contributed by atoms with E-state index in [0.717, 1.165) is 0 Å². The molecule has 0 fully saturated rings. The third-order valence-electron chi connectivity index (χ3n) is 1.73. The predicted octanol–water partition coefficient (Wildman–Crippen LogP) is 2.50. The molecule has 0 aliphatic carbocycles. The minimum Gasteiger partial charge on any atom is -0.420 e. The van der Waals surface area contributed by atoms with Gasteiger partial charge in [0.2, 0.25) is 0 Å².